The summed E-state index contributed by atoms with van der Waals surface area (Å²) in [6.45, 7) is 1.41. The fourth-order valence-electron chi connectivity index (χ4n) is 4.98. The van der Waals surface area contributed by atoms with Gasteiger partial charge in [-0.15, -0.1) is 0 Å². The zero-order valence-electron chi connectivity index (χ0n) is 19.3. The van der Waals surface area contributed by atoms with E-state index in [1.54, 1.807) is 30.3 Å². The number of carbonyl (C=O) groups is 2. The molecule has 0 amide bonds. The largest absolute Gasteiger partial charge is 0.422 e. The van der Waals surface area contributed by atoms with E-state index in [0.29, 0.717) is 24.3 Å². The highest BCUT2D eigenvalue weighted by atomic mass is 16.6. The molecular weight excluding hydrogens is 428 g/mol. The molecule has 1 atom stereocenters. The fourth-order valence-corrected chi connectivity index (χ4v) is 4.98. The molecule has 0 radical (unpaired) electrons. The lowest BCUT2D eigenvalue weighted by atomic mass is 9.77. The molecule has 0 saturated heterocycles. The molecule has 0 saturated carbocycles. The Morgan fingerprint density at radius 3 is 2.62 bits per heavy atom. The summed E-state index contributed by atoms with van der Waals surface area (Å²) in [5.74, 6) is -0.332. The van der Waals surface area contributed by atoms with Gasteiger partial charge < -0.3 is 15.2 Å². The van der Waals surface area contributed by atoms with Crippen LogP contribution in [-0.2, 0) is 17.6 Å². The van der Waals surface area contributed by atoms with Crippen LogP contribution in [0.2, 0.25) is 0 Å². The second-order valence-corrected chi connectivity index (χ2v) is 8.88. The summed E-state index contributed by atoms with van der Waals surface area (Å²) in [7, 11) is 2.15. The molecule has 6 heteroatoms. The highest BCUT2D eigenvalue weighted by Crippen LogP contribution is 2.51. The molecule has 2 N–H and O–H groups in total. The SMILES string of the molecule is CN1CCc2cccc3c2C1Cc1ccc(OC(=O)CCCN)c(OC(=O)c2ccccc2)c1-3. The molecule has 1 unspecified atom stereocenters. The molecule has 6 nitrogen and oxygen atoms in total. The van der Waals surface area contributed by atoms with Gasteiger partial charge in [0.2, 0.25) is 0 Å². The van der Waals surface area contributed by atoms with Crippen molar-refractivity contribution >= 4 is 11.9 Å². The lowest BCUT2D eigenvalue weighted by molar-refractivity contribution is -0.134. The van der Waals surface area contributed by atoms with Gasteiger partial charge in [-0.3, -0.25) is 9.69 Å². The van der Waals surface area contributed by atoms with Gasteiger partial charge in [-0.25, -0.2) is 4.79 Å². The number of rotatable bonds is 6. The molecule has 0 aromatic heterocycles. The average Bonchev–Trinajstić information content (AvgIpc) is 2.86. The molecule has 5 rings (SSSR count). The number of fused-ring (bicyclic) bond motifs is 2. The molecule has 0 bridgehead atoms. The highest BCUT2D eigenvalue weighted by molar-refractivity contribution is 5.94. The van der Waals surface area contributed by atoms with Crippen LogP contribution in [0.3, 0.4) is 0 Å². The number of esters is 2. The van der Waals surface area contributed by atoms with Gasteiger partial charge >= 0.3 is 11.9 Å². The van der Waals surface area contributed by atoms with Gasteiger partial charge in [0, 0.05) is 24.6 Å². The Morgan fingerprint density at radius 1 is 1.00 bits per heavy atom. The number of hydrogen-bond donors (Lipinski definition) is 1. The molecule has 34 heavy (non-hydrogen) atoms. The Hall–Kier alpha value is -3.48. The van der Waals surface area contributed by atoms with Crippen LogP contribution in [0.25, 0.3) is 11.1 Å². The number of nitrogens with zero attached hydrogens (tertiary/aromatic N) is 1. The summed E-state index contributed by atoms with van der Waals surface area (Å²) in [5, 5.41) is 0. The van der Waals surface area contributed by atoms with E-state index in [4.69, 9.17) is 15.2 Å². The first kappa shape index (κ1) is 22.3. The van der Waals surface area contributed by atoms with Crippen molar-refractivity contribution in [2.75, 3.05) is 20.1 Å². The first-order valence-electron chi connectivity index (χ1n) is 11.7. The summed E-state index contributed by atoms with van der Waals surface area (Å²) in [6.07, 6.45) is 2.50. The number of likely N-dealkylation sites (N-methyl/N-ethyl adjacent to an activating group) is 1. The molecule has 3 aromatic carbocycles. The number of carbonyl (C=O) groups excluding carboxylic acids is 2. The summed E-state index contributed by atoms with van der Waals surface area (Å²) in [6, 6.07) is 19.1. The predicted molar refractivity (Wildman–Crippen MR) is 130 cm³/mol. The second kappa shape index (κ2) is 9.41. The topological polar surface area (TPSA) is 81.9 Å². The van der Waals surface area contributed by atoms with Gasteiger partial charge in [-0.05, 0) is 73.3 Å². The number of benzene rings is 3. The molecule has 3 aromatic rings. The number of ether oxygens (including phenoxy) is 2. The molecule has 1 aliphatic heterocycles. The normalized spacial score (nSPS) is 16.4. The van der Waals surface area contributed by atoms with E-state index in [2.05, 4.69) is 24.1 Å². The summed E-state index contributed by atoms with van der Waals surface area (Å²) < 4.78 is 11.7. The van der Waals surface area contributed by atoms with Crippen LogP contribution in [-0.4, -0.2) is 37.0 Å². The van der Waals surface area contributed by atoms with E-state index < -0.39 is 11.9 Å². The van der Waals surface area contributed by atoms with E-state index in [0.717, 1.165) is 36.1 Å². The van der Waals surface area contributed by atoms with Crippen molar-refractivity contribution in [2.24, 2.45) is 5.73 Å². The number of nitrogens with two attached hydrogens (primary N) is 1. The van der Waals surface area contributed by atoms with Crippen molar-refractivity contribution in [3.8, 4) is 22.6 Å². The summed E-state index contributed by atoms with van der Waals surface area (Å²) >= 11 is 0. The van der Waals surface area contributed by atoms with Gasteiger partial charge in [0.15, 0.2) is 11.5 Å². The molecule has 0 fully saturated rings. The third-order valence-corrected chi connectivity index (χ3v) is 6.70. The van der Waals surface area contributed by atoms with Gasteiger partial charge in [-0.2, -0.15) is 0 Å². The number of hydrogen-bond acceptors (Lipinski definition) is 6. The van der Waals surface area contributed by atoms with Crippen LogP contribution >= 0.6 is 0 Å². The maximum Gasteiger partial charge on any atom is 0.343 e. The predicted octanol–water partition coefficient (Wildman–Crippen LogP) is 4.30. The minimum atomic E-state index is -0.489. The Balaban J connectivity index is 1.63. The standard InChI is InChI=1S/C28H28N2O4/c1-30-16-14-18-9-5-10-21-25(18)22(30)17-20-12-13-23(33-24(31)11-6-15-29)27(26(20)21)34-28(32)19-7-3-2-4-8-19/h2-5,7-10,12-13,22H,6,11,14-17,29H2,1H3. The van der Waals surface area contributed by atoms with Crippen LogP contribution in [0.1, 0.15) is 45.9 Å². The van der Waals surface area contributed by atoms with Gasteiger partial charge in [0.25, 0.3) is 0 Å². The Kier molecular flexibility index (Phi) is 6.18. The highest BCUT2D eigenvalue weighted by Gasteiger charge is 2.35. The van der Waals surface area contributed by atoms with E-state index in [1.165, 1.54) is 11.1 Å². The molecule has 174 valence electrons. The van der Waals surface area contributed by atoms with Crippen molar-refractivity contribution in [1.29, 1.82) is 0 Å². The molecule has 1 heterocycles. The zero-order chi connectivity index (χ0) is 23.7. The Bertz CT molecular complexity index is 1240. The maximum absolute atomic E-state index is 13.1. The van der Waals surface area contributed by atoms with Crippen molar-refractivity contribution < 1.29 is 19.1 Å². The first-order chi connectivity index (χ1) is 16.6. The Morgan fingerprint density at radius 2 is 1.82 bits per heavy atom. The van der Waals surface area contributed by atoms with Crippen LogP contribution in [0.15, 0.2) is 60.7 Å². The third kappa shape index (κ3) is 4.11. The zero-order valence-corrected chi connectivity index (χ0v) is 19.3. The summed E-state index contributed by atoms with van der Waals surface area (Å²) in [4.78, 5) is 27.9. The van der Waals surface area contributed by atoms with Crippen molar-refractivity contribution in [1.82, 2.24) is 4.90 Å². The lowest BCUT2D eigenvalue weighted by Crippen LogP contribution is -2.35. The van der Waals surface area contributed by atoms with Crippen LogP contribution in [0, 0.1) is 0 Å². The van der Waals surface area contributed by atoms with Crippen LogP contribution in [0.5, 0.6) is 11.5 Å². The van der Waals surface area contributed by atoms with Gasteiger partial charge in [0.05, 0.1) is 5.56 Å². The van der Waals surface area contributed by atoms with E-state index >= 15 is 0 Å². The molecule has 1 aliphatic carbocycles. The second-order valence-electron chi connectivity index (χ2n) is 8.88. The lowest BCUT2D eigenvalue weighted by Gasteiger charge is -2.40. The smallest absolute Gasteiger partial charge is 0.343 e. The molecule has 2 aliphatic rings. The van der Waals surface area contributed by atoms with Crippen molar-refractivity contribution in [2.45, 2.75) is 31.7 Å². The first-order valence-corrected chi connectivity index (χ1v) is 11.7. The van der Waals surface area contributed by atoms with E-state index in [-0.39, 0.29) is 18.2 Å². The third-order valence-electron chi connectivity index (χ3n) is 6.70. The van der Waals surface area contributed by atoms with Crippen molar-refractivity contribution in [3.63, 3.8) is 0 Å². The fraction of sp³-hybridized carbons (Fsp3) is 0.286. The van der Waals surface area contributed by atoms with Crippen molar-refractivity contribution in [3.05, 3.63) is 82.9 Å². The molecular formula is C28H28N2O4. The monoisotopic (exact) mass is 456 g/mol. The Labute approximate surface area is 199 Å². The average molecular weight is 457 g/mol. The van der Waals surface area contributed by atoms with Crippen LogP contribution < -0.4 is 15.2 Å². The van der Waals surface area contributed by atoms with Gasteiger partial charge in [-0.1, -0.05) is 42.5 Å². The summed E-state index contributed by atoms with van der Waals surface area (Å²) in [5.41, 5.74) is 11.5. The quantitative estimate of drug-likeness (QED) is 0.440. The minimum absolute atomic E-state index is 0.202. The van der Waals surface area contributed by atoms with E-state index in [1.807, 2.05) is 18.2 Å². The molecule has 0 spiro atoms. The van der Waals surface area contributed by atoms with Crippen LogP contribution in [0.4, 0.5) is 0 Å². The van der Waals surface area contributed by atoms with E-state index in [9.17, 15) is 9.59 Å². The maximum atomic E-state index is 13.1. The minimum Gasteiger partial charge on any atom is -0.422 e. The van der Waals surface area contributed by atoms with Gasteiger partial charge in [0.1, 0.15) is 0 Å².